The van der Waals surface area contributed by atoms with Gasteiger partial charge in [0.15, 0.2) is 11.3 Å². The van der Waals surface area contributed by atoms with Crippen molar-refractivity contribution in [1.82, 2.24) is 5.32 Å². The Morgan fingerprint density at radius 2 is 1.83 bits per heavy atom. The van der Waals surface area contributed by atoms with Crippen LogP contribution < -0.4 is 5.32 Å². The van der Waals surface area contributed by atoms with Crippen LogP contribution in [0, 0.1) is 0 Å². The monoisotopic (exact) mass is 255 g/mol. The number of rotatable bonds is 7. The van der Waals surface area contributed by atoms with Crippen LogP contribution in [0.1, 0.15) is 40.0 Å². The molecule has 0 spiro atoms. The summed E-state index contributed by atoms with van der Waals surface area (Å²) in [4.78, 5) is 34.7. The molecule has 0 heterocycles. The molecule has 0 aliphatic heterocycles. The molecule has 0 aliphatic carbocycles. The van der Waals surface area contributed by atoms with E-state index in [4.69, 9.17) is 0 Å². The van der Waals surface area contributed by atoms with Crippen LogP contribution >= 0.6 is 0 Å². The van der Waals surface area contributed by atoms with Crippen molar-refractivity contribution in [2.24, 2.45) is 0 Å². The minimum Gasteiger partial charge on any atom is -0.467 e. The molecule has 0 unspecified atom stereocenters. The van der Waals surface area contributed by atoms with E-state index in [0.29, 0.717) is 0 Å². The molecule has 0 rings (SSSR count). The standard InChI is InChI=1S/C13H21NO4/c1-5-6-7-8-9-13(10(2)15,12(17)18-4)14-11(3)16/h7-8H,5-6,9H2,1-4H3,(H,14,16)/b8-7+/t13-/m1/s1. The molecule has 0 aromatic rings. The van der Waals surface area contributed by atoms with E-state index in [1.165, 1.54) is 21.0 Å². The third-order valence-corrected chi connectivity index (χ3v) is 2.57. The van der Waals surface area contributed by atoms with Crippen LogP contribution in [0.3, 0.4) is 0 Å². The average molecular weight is 255 g/mol. The molecule has 0 aliphatic rings. The molecule has 0 saturated heterocycles. The Labute approximate surface area is 108 Å². The highest BCUT2D eigenvalue weighted by atomic mass is 16.5. The van der Waals surface area contributed by atoms with Gasteiger partial charge in [-0.15, -0.1) is 0 Å². The molecule has 0 saturated carbocycles. The second-order valence-corrected chi connectivity index (χ2v) is 4.10. The molecular weight excluding hydrogens is 234 g/mol. The predicted octanol–water partition coefficient (Wildman–Crippen LogP) is 1.37. The number of unbranched alkanes of at least 4 members (excludes halogenated alkanes) is 1. The summed E-state index contributed by atoms with van der Waals surface area (Å²) >= 11 is 0. The molecule has 5 nitrogen and oxygen atoms in total. The summed E-state index contributed by atoms with van der Waals surface area (Å²) in [5, 5.41) is 2.41. The number of ketones is 1. The second-order valence-electron chi connectivity index (χ2n) is 4.10. The number of Topliss-reactive ketones (excluding diaryl/α,β-unsaturated/α-hetero) is 1. The maximum atomic E-state index is 11.8. The van der Waals surface area contributed by atoms with Gasteiger partial charge < -0.3 is 10.1 Å². The zero-order valence-electron chi connectivity index (χ0n) is 11.4. The van der Waals surface area contributed by atoms with Gasteiger partial charge in [-0.3, -0.25) is 9.59 Å². The van der Waals surface area contributed by atoms with E-state index in [2.05, 4.69) is 10.1 Å². The fourth-order valence-electron chi connectivity index (χ4n) is 1.58. The number of esters is 1. The van der Waals surface area contributed by atoms with Crippen molar-refractivity contribution < 1.29 is 19.1 Å². The average Bonchev–Trinajstić information content (AvgIpc) is 2.31. The van der Waals surface area contributed by atoms with Crippen LogP contribution in [0.15, 0.2) is 12.2 Å². The van der Waals surface area contributed by atoms with Crippen molar-refractivity contribution in [3.63, 3.8) is 0 Å². The fourth-order valence-corrected chi connectivity index (χ4v) is 1.58. The largest absolute Gasteiger partial charge is 0.467 e. The number of carbonyl (C=O) groups excluding carboxylic acids is 3. The normalized spacial score (nSPS) is 14.0. The number of carbonyl (C=O) groups is 3. The van der Waals surface area contributed by atoms with Gasteiger partial charge in [0.05, 0.1) is 7.11 Å². The Morgan fingerprint density at radius 1 is 1.22 bits per heavy atom. The summed E-state index contributed by atoms with van der Waals surface area (Å²) in [5.41, 5.74) is -1.61. The first-order valence-corrected chi connectivity index (χ1v) is 5.94. The molecule has 1 atom stereocenters. The number of allylic oxidation sites excluding steroid dienone is 1. The summed E-state index contributed by atoms with van der Waals surface area (Å²) in [7, 11) is 1.19. The van der Waals surface area contributed by atoms with E-state index in [9.17, 15) is 14.4 Å². The maximum Gasteiger partial charge on any atom is 0.339 e. The van der Waals surface area contributed by atoms with Crippen LogP contribution in [0.4, 0.5) is 0 Å². The highest BCUT2D eigenvalue weighted by Crippen LogP contribution is 2.16. The molecule has 0 aromatic heterocycles. The first-order valence-electron chi connectivity index (χ1n) is 5.94. The van der Waals surface area contributed by atoms with Gasteiger partial charge in [0.2, 0.25) is 5.91 Å². The molecule has 0 fully saturated rings. The summed E-state index contributed by atoms with van der Waals surface area (Å²) in [6.45, 7) is 4.55. The van der Waals surface area contributed by atoms with E-state index in [-0.39, 0.29) is 6.42 Å². The van der Waals surface area contributed by atoms with Crippen molar-refractivity contribution in [3.8, 4) is 0 Å². The summed E-state index contributed by atoms with van der Waals surface area (Å²) in [6.07, 6.45) is 5.53. The van der Waals surface area contributed by atoms with E-state index < -0.39 is 23.2 Å². The van der Waals surface area contributed by atoms with Gasteiger partial charge in [0, 0.05) is 13.3 Å². The fraction of sp³-hybridized carbons (Fsp3) is 0.615. The van der Waals surface area contributed by atoms with Gasteiger partial charge in [-0.1, -0.05) is 25.5 Å². The van der Waals surface area contributed by atoms with Crippen LogP contribution in [0.25, 0.3) is 0 Å². The summed E-state index contributed by atoms with van der Waals surface area (Å²) in [5.74, 6) is -1.63. The van der Waals surface area contributed by atoms with Crippen LogP contribution in [-0.2, 0) is 19.1 Å². The molecule has 5 heteroatoms. The van der Waals surface area contributed by atoms with Crippen LogP contribution in [0.5, 0.6) is 0 Å². The van der Waals surface area contributed by atoms with Gasteiger partial charge in [-0.2, -0.15) is 0 Å². The lowest BCUT2D eigenvalue weighted by Crippen LogP contribution is -2.59. The summed E-state index contributed by atoms with van der Waals surface area (Å²) in [6, 6.07) is 0. The molecule has 0 aromatic carbocycles. The van der Waals surface area contributed by atoms with Gasteiger partial charge in [0.1, 0.15) is 0 Å². The van der Waals surface area contributed by atoms with Gasteiger partial charge in [-0.25, -0.2) is 4.79 Å². The Hall–Kier alpha value is -1.65. The maximum absolute atomic E-state index is 11.8. The van der Waals surface area contributed by atoms with Crippen molar-refractivity contribution in [2.45, 2.75) is 45.6 Å². The lowest BCUT2D eigenvalue weighted by Gasteiger charge is -2.27. The highest BCUT2D eigenvalue weighted by Gasteiger charge is 2.44. The molecule has 0 bridgehead atoms. The topological polar surface area (TPSA) is 72.5 Å². The predicted molar refractivity (Wildman–Crippen MR) is 67.9 cm³/mol. The SMILES string of the molecule is CCC/C=C/C[C@@](NC(C)=O)(C(C)=O)C(=O)OC. The lowest BCUT2D eigenvalue weighted by atomic mass is 9.90. The van der Waals surface area contributed by atoms with Crippen molar-refractivity contribution in [3.05, 3.63) is 12.2 Å². The van der Waals surface area contributed by atoms with E-state index in [0.717, 1.165) is 12.8 Å². The number of amides is 1. The molecular formula is C13H21NO4. The number of hydrogen-bond acceptors (Lipinski definition) is 4. The number of ether oxygens (including phenoxy) is 1. The highest BCUT2D eigenvalue weighted by molar-refractivity contribution is 6.10. The Kier molecular flexibility index (Phi) is 6.93. The Morgan fingerprint density at radius 3 is 2.22 bits per heavy atom. The third kappa shape index (κ3) is 4.31. The molecule has 1 amide bonds. The first-order chi connectivity index (χ1) is 8.40. The zero-order valence-corrected chi connectivity index (χ0v) is 11.4. The number of hydrogen-bond donors (Lipinski definition) is 1. The number of methoxy groups -OCH3 is 1. The molecule has 1 N–H and O–H groups in total. The molecule has 0 radical (unpaired) electrons. The van der Waals surface area contributed by atoms with E-state index in [1.807, 2.05) is 13.0 Å². The summed E-state index contributed by atoms with van der Waals surface area (Å²) < 4.78 is 4.63. The Balaban J connectivity index is 5.14. The first kappa shape index (κ1) is 16.4. The lowest BCUT2D eigenvalue weighted by molar-refractivity contribution is -0.154. The van der Waals surface area contributed by atoms with E-state index >= 15 is 0 Å². The molecule has 18 heavy (non-hydrogen) atoms. The number of nitrogens with one attached hydrogen (secondary N) is 1. The van der Waals surface area contributed by atoms with Gasteiger partial charge in [0.25, 0.3) is 0 Å². The Bertz CT molecular complexity index is 349. The quantitative estimate of drug-likeness (QED) is 0.423. The van der Waals surface area contributed by atoms with Crippen molar-refractivity contribution >= 4 is 17.7 Å². The van der Waals surface area contributed by atoms with Crippen molar-refractivity contribution in [1.29, 1.82) is 0 Å². The zero-order chi connectivity index (χ0) is 14.2. The van der Waals surface area contributed by atoms with E-state index in [1.54, 1.807) is 6.08 Å². The van der Waals surface area contributed by atoms with Crippen molar-refractivity contribution in [2.75, 3.05) is 7.11 Å². The van der Waals surface area contributed by atoms with Gasteiger partial charge in [-0.05, 0) is 13.3 Å². The minimum atomic E-state index is -1.61. The van der Waals surface area contributed by atoms with Gasteiger partial charge >= 0.3 is 5.97 Å². The van der Waals surface area contributed by atoms with Crippen LogP contribution in [0.2, 0.25) is 0 Å². The van der Waals surface area contributed by atoms with Crippen LogP contribution in [-0.4, -0.2) is 30.3 Å². The smallest absolute Gasteiger partial charge is 0.339 e. The third-order valence-electron chi connectivity index (χ3n) is 2.57. The second kappa shape index (κ2) is 7.63. The molecule has 102 valence electrons. The minimum absolute atomic E-state index is 0.106.